The van der Waals surface area contributed by atoms with E-state index in [0.717, 1.165) is 0 Å². The average Bonchev–Trinajstić information content (AvgIpc) is 3.80. The summed E-state index contributed by atoms with van der Waals surface area (Å²) in [4.78, 5) is 40.1. The molecule has 18 nitrogen and oxygen atoms in total. The maximum Gasteiger partial charge on any atom is 0.386 e. The first-order valence-electron chi connectivity index (χ1n) is 19.0. The van der Waals surface area contributed by atoms with E-state index in [0.29, 0.717) is 12.3 Å². The van der Waals surface area contributed by atoms with Gasteiger partial charge in [0.2, 0.25) is 11.8 Å². The Morgan fingerprint density at radius 2 is 1.63 bits per heavy atom. The molecule has 2 aliphatic heterocycles. The molecule has 0 amide bonds. The lowest BCUT2D eigenvalue weighted by Gasteiger charge is -2.47. The van der Waals surface area contributed by atoms with Gasteiger partial charge in [0.05, 0.1) is 24.7 Å². The summed E-state index contributed by atoms with van der Waals surface area (Å²) in [6, 6.07) is 3.15. The Hall–Kier alpha value is -1.63. The fourth-order valence-electron chi connectivity index (χ4n) is 7.86. The Labute approximate surface area is 344 Å². The van der Waals surface area contributed by atoms with E-state index in [1.165, 1.54) is 17.0 Å². The summed E-state index contributed by atoms with van der Waals surface area (Å²) in [6.07, 6.45) is -0.872. The van der Waals surface area contributed by atoms with Gasteiger partial charge in [-0.15, -0.1) is 0 Å². The fourth-order valence-corrected chi connectivity index (χ4v) is 20.8. The molecular formula is C33H54N6O12P2S2Si2. The highest BCUT2D eigenvalue weighted by atomic mass is 32.7. The van der Waals surface area contributed by atoms with Gasteiger partial charge in [-0.25, -0.2) is 19.1 Å². The fraction of sp³-hybridized carbons (Fsp3) is 0.697. The molecule has 1 saturated carbocycles. The van der Waals surface area contributed by atoms with E-state index in [4.69, 9.17) is 41.8 Å². The number of nitrogen functional groups attached to an aromatic ring is 1. The van der Waals surface area contributed by atoms with Crippen molar-refractivity contribution in [2.75, 3.05) is 18.9 Å². The maximum absolute atomic E-state index is 14.5. The molecule has 318 valence electrons. The Morgan fingerprint density at radius 3 is 2.26 bits per heavy atom. The number of aromatic nitrogens is 5. The normalized spacial score (nSPS) is 31.8. The molecule has 3 aliphatic rings. The smallest absolute Gasteiger partial charge is 0.386 e. The van der Waals surface area contributed by atoms with Crippen molar-refractivity contribution in [3.63, 3.8) is 0 Å². The third-order valence-corrected chi connectivity index (χ3v) is 23.9. The number of anilines is 1. The van der Waals surface area contributed by atoms with Crippen LogP contribution in [0, 0.1) is 5.92 Å². The van der Waals surface area contributed by atoms with Crippen LogP contribution in [0.25, 0.3) is 11.0 Å². The van der Waals surface area contributed by atoms with E-state index in [1.54, 1.807) is 18.5 Å². The van der Waals surface area contributed by atoms with Gasteiger partial charge in [0.25, 0.3) is 5.56 Å². The Kier molecular flexibility index (Phi) is 13.7. The van der Waals surface area contributed by atoms with Gasteiger partial charge >= 0.3 is 30.7 Å². The average molecular weight is 909 g/mol. The molecule has 0 spiro atoms. The number of nitrogens with one attached hydrogen (secondary N) is 1. The zero-order valence-corrected chi connectivity index (χ0v) is 38.7. The number of nitrogens with zero attached hydrogens (tertiary/aromatic N) is 4. The topological polar surface area (TPSA) is 231 Å². The van der Waals surface area contributed by atoms with Crippen molar-refractivity contribution in [1.82, 2.24) is 24.5 Å². The predicted molar refractivity (Wildman–Crippen MR) is 223 cm³/mol. The minimum absolute atomic E-state index is 0.145. The van der Waals surface area contributed by atoms with E-state index in [9.17, 15) is 18.7 Å². The third kappa shape index (κ3) is 9.64. The summed E-state index contributed by atoms with van der Waals surface area (Å²) >= 11 is 8.84. The van der Waals surface area contributed by atoms with E-state index in [1.807, 2.05) is 55.4 Å². The number of aromatic amines is 1. The zero-order chi connectivity index (χ0) is 41.7. The van der Waals surface area contributed by atoms with Crippen LogP contribution in [0.3, 0.4) is 0 Å². The Bertz CT molecular complexity index is 2020. The van der Waals surface area contributed by atoms with Crippen LogP contribution in [0.2, 0.25) is 22.2 Å². The first kappa shape index (κ1) is 44.9. The van der Waals surface area contributed by atoms with Gasteiger partial charge in [0.15, 0.2) is 11.9 Å². The van der Waals surface area contributed by atoms with E-state index in [2.05, 4.69) is 44.4 Å². The Balaban J connectivity index is 1.43. The number of hydrogen-bond acceptors (Lipinski definition) is 16. The van der Waals surface area contributed by atoms with Gasteiger partial charge in [-0.1, -0.05) is 79.9 Å². The highest BCUT2D eigenvalue weighted by Gasteiger charge is 2.60. The minimum Gasteiger partial charge on any atom is -0.474 e. The molecule has 6 rings (SSSR count). The van der Waals surface area contributed by atoms with Crippen LogP contribution in [0.5, 0.6) is 5.88 Å². The molecule has 24 heteroatoms. The molecule has 57 heavy (non-hydrogen) atoms. The molecule has 3 aromatic heterocycles. The van der Waals surface area contributed by atoms with E-state index < -0.39 is 85.5 Å². The molecule has 2 bridgehead atoms. The van der Waals surface area contributed by atoms with Gasteiger partial charge in [-0.2, -0.15) is 4.98 Å². The molecule has 0 aromatic carbocycles. The molecular weight excluding hydrogens is 855 g/mol. The van der Waals surface area contributed by atoms with E-state index >= 15 is 0 Å². The second kappa shape index (κ2) is 17.4. The molecule has 4 N–H and O–H groups in total. The number of nitrogens with two attached hydrogens (primary N) is 1. The number of thiol groups is 2. The standard InChI is InChI=1S/C33H54N6O12P2S2Si2/c1-18(2)56(43,19(3)4)51-57(20(5)6,21(7)8)50-28-26-16-45-52(41,54)48-25-14-23(46-27-9-11-35-17-36-27)13-22(25)15-44-53(42,55)49-29(28)32(47-26)39-12-10-24-30(39)37-33(34)38-31(24)40/h9-12,17-23,25-26,28-29,32,43H,13-16H2,1-8H3,(H,41,54)(H,42,55)(H3,34,37,38,40)/t22-,23-,25+,26-,28-,29-,32-,52+,53-/m1/s1. The number of ether oxygens (including phenoxy) is 2. The molecule has 9 atom stereocenters. The van der Waals surface area contributed by atoms with Crippen molar-refractivity contribution in [2.45, 2.75) is 127 Å². The molecule has 2 saturated heterocycles. The number of fused-ring (bicyclic) bond motifs is 4. The van der Waals surface area contributed by atoms with Crippen LogP contribution >= 0.6 is 38.1 Å². The SMILES string of the molecule is CC(C)[Si](O)(O[Si](O[C@H]1[C@H]2O[P@](=O)(S)OC[C@H]3C[C@@H](Oc4ccncn4)C[C@@H]3O[P@@](=O)(S)OC[C@H]1O[C@H]2n1ccc2c(=O)[nH]c(N)nc21)(C(C)C)C(C)C)C(C)C. The highest BCUT2D eigenvalue weighted by molar-refractivity contribution is 8.44. The molecule has 3 aromatic rings. The summed E-state index contributed by atoms with van der Waals surface area (Å²) in [7, 11) is -7.05. The summed E-state index contributed by atoms with van der Waals surface area (Å²) in [6.45, 7) is 6.56. The third-order valence-electron chi connectivity index (χ3n) is 10.9. The largest absolute Gasteiger partial charge is 0.474 e. The van der Waals surface area contributed by atoms with Gasteiger partial charge in [-0.3, -0.25) is 23.3 Å². The quantitative estimate of drug-likeness (QED) is 0.0769. The van der Waals surface area contributed by atoms with Crippen molar-refractivity contribution in [3.8, 4) is 5.88 Å². The van der Waals surface area contributed by atoms with Crippen LogP contribution < -0.4 is 16.0 Å². The highest BCUT2D eigenvalue weighted by Crippen LogP contribution is 2.61. The first-order chi connectivity index (χ1) is 26.6. The van der Waals surface area contributed by atoms with Crippen molar-refractivity contribution in [2.24, 2.45) is 5.92 Å². The summed E-state index contributed by atoms with van der Waals surface area (Å²) in [5.41, 5.74) is 4.77. The van der Waals surface area contributed by atoms with Crippen molar-refractivity contribution in [3.05, 3.63) is 41.2 Å². The second-order valence-electron chi connectivity index (χ2n) is 16.0. The number of H-pyrrole nitrogens is 1. The van der Waals surface area contributed by atoms with Crippen molar-refractivity contribution < 1.29 is 50.0 Å². The van der Waals surface area contributed by atoms with Gasteiger partial charge in [-0.05, 0) is 34.7 Å². The Morgan fingerprint density at radius 1 is 0.965 bits per heavy atom. The number of hydrogen-bond donors (Lipinski definition) is 5. The lowest BCUT2D eigenvalue weighted by molar-refractivity contribution is -0.0488. The zero-order valence-electron chi connectivity index (χ0n) is 33.2. The number of rotatable bonds is 11. The maximum atomic E-state index is 14.5. The van der Waals surface area contributed by atoms with Crippen LogP contribution in [-0.4, -0.2) is 90.2 Å². The summed E-state index contributed by atoms with van der Waals surface area (Å²) < 4.78 is 81.6. The van der Waals surface area contributed by atoms with Gasteiger partial charge in [0.1, 0.15) is 30.7 Å². The van der Waals surface area contributed by atoms with Crippen molar-refractivity contribution in [1.29, 1.82) is 0 Å². The first-order valence-corrected chi connectivity index (χ1v) is 28.4. The summed E-state index contributed by atoms with van der Waals surface area (Å²) in [5.74, 6) is -0.304. The minimum atomic E-state index is -4.31. The molecule has 0 unspecified atom stereocenters. The molecule has 5 heterocycles. The molecule has 1 aliphatic carbocycles. The predicted octanol–water partition coefficient (Wildman–Crippen LogP) is 6.66. The molecule has 3 fully saturated rings. The van der Waals surface area contributed by atoms with E-state index in [-0.39, 0.29) is 52.2 Å². The van der Waals surface area contributed by atoms with Crippen LogP contribution in [-0.2, 0) is 40.5 Å². The van der Waals surface area contributed by atoms with Gasteiger partial charge < -0.3 is 37.6 Å². The monoisotopic (exact) mass is 908 g/mol. The lowest BCUT2D eigenvalue weighted by Crippen LogP contribution is -2.62. The van der Waals surface area contributed by atoms with Crippen LogP contribution in [0.4, 0.5) is 5.95 Å². The summed E-state index contributed by atoms with van der Waals surface area (Å²) in [5, 5.41) is 0.198. The van der Waals surface area contributed by atoms with Crippen molar-refractivity contribution >= 4 is 72.2 Å². The lowest BCUT2D eigenvalue weighted by atomic mass is 10.1. The van der Waals surface area contributed by atoms with Crippen LogP contribution in [0.15, 0.2) is 35.6 Å². The molecule has 0 radical (unpaired) electrons. The van der Waals surface area contributed by atoms with Crippen LogP contribution in [0.1, 0.15) is 74.5 Å². The van der Waals surface area contributed by atoms with Gasteiger partial charge in [0, 0.05) is 30.8 Å². The second-order valence-corrected chi connectivity index (χ2v) is 30.4.